The van der Waals surface area contributed by atoms with E-state index >= 15 is 0 Å². The molecular formula is C21H21F2N5O. The van der Waals surface area contributed by atoms with Crippen molar-refractivity contribution in [2.75, 3.05) is 13.1 Å². The van der Waals surface area contributed by atoms with Crippen LogP contribution in [0.4, 0.5) is 8.78 Å². The molecule has 1 aliphatic rings. The zero-order valence-electron chi connectivity index (χ0n) is 16.1. The molecule has 1 amide bonds. The molecule has 1 aromatic carbocycles. The van der Waals surface area contributed by atoms with E-state index in [9.17, 15) is 13.6 Å². The minimum atomic E-state index is -0.740. The van der Waals surface area contributed by atoms with Gasteiger partial charge in [-0.1, -0.05) is 0 Å². The number of likely N-dealkylation sites (tertiary alicyclic amines) is 1. The number of hydrogen-bond donors (Lipinski definition) is 0. The van der Waals surface area contributed by atoms with E-state index in [4.69, 9.17) is 0 Å². The highest BCUT2D eigenvalue weighted by atomic mass is 19.1. The van der Waals surface area contributed by atoms with Crippen LogP contribution in [-0.2, 0) is 13.5 Å². The topological polar surface area (TPSA) is 63.9 Å². The number of carbonyl (C=O) groups excluding carboxylic acids is 1. The second-order valence-corrected chi connectivity index (χ2v) is 7.35. The monoisotopic (exact) mass is 397 g/mol. The molecule has 4 rings (SSSR count). The molecule has 0 N–H and O–H groups in total. The number of benzene rings is 1. The predicted molar refractivity (Wildman–Crippen MR) is 103 cm³/mol. The lowest BCUT2D eigenvalue weighted by atomic mass is 9.92. The van der Waals surface area contributed by atoms with Crippen LogP contribution < -0.4 is 0 Å². The van der Waals surface area contributed by atoms with Crippen LogP contribution in [0.15, 0.2) is 43.0 Å². The van der Waals surface area contributed by atoms with Crippen LogP contribution in [0.3, 0.4) is 0 Å². The molecule has 0 bridgehead atoms. The number of aryl methyl sites for hydroxylation is 1. The minimum absolute atomic E-state index is 0.0525. The van der Waals surface area contributed by atoms with E-state index in [-0.39, 0.29) is 11.5 Å². The van der Waals surface area contributed by atoms with Gasteiger partial charge in [-0.25, -0.2) is 18.7 Å². The zero-order valence-corrected chi connectivity index (χ0v) is 16.1. The van der Waals surface area contributed by atoms with Gasteiger partial charge < -0.3 is 9.47 Å². The van der Waals surface area contributed by atoms with Crippen LogP contribution in [0.5, 0.6) is 0 Å². The van der Waals surface area contributed by atoms with Crippen LogP contribution in [-0.4, -0.2) is 43.4 Å². The normalized spacial score (nSPS) is 14.9. The fourth-order valence-corrected chi connectivity index (χ4v) is 3.68. The molecule has 0 atom stereocenters. The van der Waals surface area contributed by atoms with Gasteiger partial charge in [-0.15, -0.1) is 0 Å². The number of piperidine rings is 1. The maximum absolute atomic E-state index is 13.4. The first-order valence-corrected chi connectivity index (χ1v) is 9.53. The maximum atomic E-state index is 13.4. The highest BCUT2D eigenvalue weighted by molar-refractivity contribution is 5.94. The van der Waals surface area contributed by atoms with Gasteiger partial charge in [0.1, 0.15) is 17.3 Å². The Kier molecular flexibility index (Phi) is 5.33. The average molecular weight is 397 g/mol. The Balaban J connectivity index is 1.34. The lowest BCUT2D eigenvalue weighted by molar-refractivity contribution is 0.0689. The number of carbonyl (C=O) groups is 1. The number of hydrogen-bond acceptors (Lipinski definition) is 4. The summed E-state index contributed by atoms with van der Waals surface area (Å²) in [7, 11) is 1.91. The van der Waals surface area contributed by atoms with Crippen molar-refractivity contribution >= 4 is 5.91 Å². The van der Waals surface area contributed by atoms with E-state index < -0.39 is 11.6 Å². The number of halogens is 2. The van der Waals surface area contributed by atoms with Crippen molar-refractivity contribution in [1.29, 1.82) is 0 Å². The van der Waals surface area contributed by atoms with Gasteiger partial charge in [-0.05, 0) is 37.3 Å². The van der Waals surface area contributed by atoms with Crippen molar-refractivity contribution < 1.29 is 13.6 Å². The molecule has 3 heterocycles. The maximum Gasteiger partial charge on any atom is 0.254 e. The summed E-state index contributed by atoms with van der Waals surface area (Å²) in [5, 5.41) is 0. The van der Waals surface area contributed by atoms with Crippen molar-refractivity contribution in [2.45, 2.75) is 19.3 Å². The fourth-order valence-electron chi connectivity index (χ4n) is 3.68. The van der Waals surface area contributed by atoms with Gasteiger partial charge in [0, 0.05) is 50.4 Å². The summed E-state index contributed by atoms with van der Waals surface area (Å²) in [5.74, 6) is -0.658. The van der Waals surface area contributed by atoms with Crippen LogP contribution in [0.1, 0.15) is 28.9 Å². The number of imidazole rings is 1. The molecule has 1 fully saturated rings. The molecule has 6 nitrogen and oxygen atoms in total. The van der Waals surface area contributed by atoms with Gasteiger partial charge in [-0.3, -0.25) is 9.78 Å². The molecular weight excluding hydrogens is 376 g/mol. The first-order chi connectivity index (χ1) is 14.0. The summed E-state index contributed by atoms with van der Waals surface area (Å²) < 4.78 is 28.6. The van der Waals surface area contributed by atoms with Crippen molar-refractivity contribution in [3.8, 4) is 11.5 Å². The number of aromatic nitrogens is 4. The fraction of sp³-hybridized carbons (Fsp3) is 0.333. The van der Waals surface area contributed by atoms with Crippen LogP contribution in [0.25, 0.3) is 11.5 Å². The summed E-state index contributed by atoms with van der Waals surface area (Å²) in [6.45, 7) is 1.11. The van der Waals surface area contributed by atoms with Crippen LogP contribution in [0, 0.1) is 17.6 Å². The Labute approximate surface area is 167 Å². The Hall–Kier alpha value is -3.16. The summed E-state index contributed by atoms with van der Waals surface area (Å²) >= 11 is 0. The molecule has 150 valence electrons. The highest BCUT2D eigenvalue weighted by Crippen LogP contribution is 2.23. The quantitative estimate of drug-likeness (QED) is 0.678. The van der Waals surface area contributed by atoms with Crippen LogP contribution >= 0.6 is 0 Å². The van der Waals surface area contributed by atoms with E-state index in [0.29, 0.717) is 19.0 Å². The zero-order chi connectivity index (χ0) is 20.4. The van der Waals surface area contributed by atoms with Gasteiger partial charge in [0.25, 0.3) is 5.91 Å². The van der Waals surface area contributed by atoms with Gasteiger partial charge >= 0.3 is 0 Å². The second kappa shape index (κ2) is 8.06. The summed E-state index contributed by atoms with van der Waals surface area (Å²) in [6.07, 6.45) is 9.49. The third-order valence-electron chi connectivity index (χ3n) is 5.26. The molecule has 1 aliphatic heterocycles. The van der Waals surface area contributed by atoms with Gasteiger partial charge in [0.05, 0.1) is 11.9 Å². The van der Waals surface area contributed by atoms with E-state index in [1.165, 1.54) is 0 Å². The number of rotatable bonds is 4. The standard InChI is InChI=1S/C21H21F2N5O/c1-27-7-4-24-20(27)19-13-25-18(12-26-19)8-14-2-5-28(6-3-14)21(29)15-9-16(22)11-17(23)10-15/h4,7,9-14H,2-3,5-6,8H2,1H3. The first kappa shape index (κ1) is 19.2. The summed E-state index contributed by atoms with van der Waals surface area (Å²) in [4.78, 5) is 27.4. The van der Waals surface area contributed by atoms with E-state index in [2.05, 4.69) is 15.0 Å². The van der Waals surface area contributed by atoms with Crippen molar-refractivity contribution in [3.05, 3.63) is 65.9 Å². The summed E-state index contributed by atoms with van der Waals surface area (Å²) in [6, 6.07) is 2.93. The Morgan fingerprint density at radius 2 is 1.79 bits per heavy atom. The summed E-state index contributed by atoms with van der Waals surface area (Å²) in [5.41, 5.74) is 1.68. The molecule has 0 spiro atoms. The molecule has 3 aromatic rings. The Morgan fingerprint density at radius 3 is 2.38 bits per heavy atom. The van der Waals surface area contributed by atoms with Gasteiger partial charge in [0.15, 0.2) is 5.82 Å². The van der Waals surface area contributed by atoms with Crippen LogP contribution in [0.2, 0.25) is 0 Å². The SMILES string of the molecule is Cn1ccnc1-c1cnc(CC2CCN(C(=O)c3cc(F)cc(F)c3)CC2)cn1. The molecule has 0 saturated carbocycles. The lowest BCUT2D eigenvalue weighted by Gasteiger charge is -2.32. The van der Waals surface area contributed by atoms with Crippen molar-refractivity contribution in [2.24, 2.45) is 13.0 Å². The average Bonchev–Trinajstić information content (AvgIpc) is 3.14. The third-order valence-corrected chi connectivity index (χ3v) is 5.26. The van der Waals surface area contributed by atoms with E-state index in [1.807, 2.05) is 17.8 Å². The molecule has 0 unspecified atom stereocenters. The van der Waals surface area contributed by atoms with E-state index in [0.717, 1.165) is 54.7 Å². The van der Waals surface area contributed by atoms with Crippen molar-refractivity contribution in [3.63, 3.8) is 0 Å². The molecule has 2 aromatic heterocycles. The predicted octanol–water partition coefficient (Wildman–Crippen LogP) is 3.25. The largest absolute Gasteiger partial charge is 0.339 e. The number of amides is 1. The van der Waals surface area contributed by atoms with Gasteiger partial charge in [-0.2, -0.15) is 0 Å². The molecule has 0 aliphatic carbocycles. The third kappa shape index (κ3) is 4.31. The molecule has 8 heteroatoms. The Bertz CT molecular complexity index is 990. The first-order valence-electron chi connectivity index (χ1n) is 9.53. The highest BCUT2D eigenvalue weighted by Gasteiger charge is 2.25. The second-order valence-electron chi connectivity index (χ2n) is 7.35. The number of nitrogens with zero attached hydrogens (tertiary/aromatic N) is 5. The Morgan fingerprint density at radius 1 is 1.07 bits per heavy atom. The minimum Gasteiger partial charge on any atom is -0.339 e. The molecule has 29 heavy (non-hydrogen) atoms. The van der Waals surface area contributed by atoms with Crippen molar-refractivity contribution in [1.82, 2.24) is 24.4 Å². The van der Waals surface area contributed by atoms with Gasteiger partial charge in [0.2, 0.25) is 0 Å². The smallest absolute Gasteiger partial charge is 0.254 e. The molecule has 1 saturated heterocycles. The lowest BCUT2D eigenvalue weighted by Crippen LogP contribution is -2.39. The van der Waals surface area contributed by atoms with E-state index in [1.54, 1.807) is 23.5 Å². The molecule has 0 radical (unpaired) electrons.